The van der Waals surface area contributed by atoms with Crippen molar-refractivity contribution in [3.63, 3.8) is 0 Å². The van der Waals surface area contributed by atoms with Gasteiger partial charge in [0.2, 0.25) is 0 Å². The molecule has 23 heavy (non-hydrogen) atoms. The van der Waals surface area contributed by atoms with Crippen LogP contribution in [0.25, 0.3) is 0 Å². The molecule has 0 atom stereocenters. The molecule has 0 aromatic heterocycles. The minimum Gasteiger partial charge on any atom is -0.382 e. The van der Waals surface area contributed by atoms with E-state index in [1.165, 1.54) is 0 Å². The van der Waals surface area contributed by atoms with E-state index in [2.05, 4.69) is 9.98 Å². The van der Waals surface area contributed by atoms with E-state index in [1.807, 2.05) is 0 Å². The second-order valence-corrected chi connectivity index (χ2v) is 4.48. The summed E-state index contributed by atoms with van der Waals surface area (Å²) in [4.78, 5) is 42.3. The van der Waals surface area contributed by atoms with Crippen LogP contribution < -0.4 is 5.73 Å². The lowest BCUT2D eigenvalue weighted by atomic mass is 10.1. The molecule has 0 saturated carbocycles. The highest BCUT2D eigenvalue weighted by atomic mass is 19.4. The zero-order valence-corrected chi connectivity index (χ0v) is 11.6. The van der Waals surface area contributed by atoms with Crippen molar-refractivity contribution < 1.29 is 27.6 Å². The second-order valence-electron chi connectivity index (χ2n) is 4.48. The molecule has 1 aliphatic heterocycles. The van der Waals surface area contributed by atoms with Gasteiger partial charge < -0.3 is 5.73 Å². The van der Waals surface area contributed by atoms with Gasteiger partial charge in [-0.25, -0.2) is 4.79 Å². The summed E-state index contributed by atoms with van der Waals surface area (Å²) in [5.74, 6) is -2.44. The van der Waals surface area contributed by atoms with Gasteiger partial charge in [-0.2, -0.15) is 23.2 Å². The van der Waals surface area contributed by atoms with Gasteiger partial charge in [-0.05, 0) is 24.3 Å². The Morgan fingerprint density at radius 3 is 2.30 bits per heavy atom. The van der Waals surface area contributed by atoms with Gasteiger partial charge in [0.1, 0.15) is 0 Å². The first kappa shape index (κ1) is 16.3. The third-order valence-corrected chi connectivity index (χ3v) is 2.93. The summed E-state index contributed by atoms with van der Waals surface area (Å²) in [6.45, 7) is 0. The first-order chi connectivity index (χ1) is 10.6. The van der Waals surface area contributed by atoms with Gasteiger partial charge in [0.15, 0.2) is 11.5 Å². The monoisotopic (exact) mass is 326 g/mol. The van der Waals surface area contributed by atoms with Crippen molar-refractivity contribution in [3.05, 3.63) is 35.4 Å². The topological polar surface area (TPSA) is 105 Å². The van der Waals surface area contributed by atoms with Crippen molar-refractivity contribution in [3.8, 4) is 0 Å². The number of urea groups is 1. The number of carbonyl (C=O) groups excluding carboxylic acids is 3. The summed E-state index contributed by atoms with van der Waals surface area (Å²) >= 11 is 0. The Bertz CT molecular complexity index is 751. The molecule has 2 N–H and O–H groups in total. The van der Waals surface area contributed by atoms with Gasteiger partial charge in [0.05, 0.1) is 5.56 Å². The molecule has 1 heterocycles. The number of nitrogens with zero attached hydrogens (tertiary/aromatic N) is 3. The van der Waals surface area contributed by atoms with E-state index < -0.39 is 41.1 Å². The molecule has 0 unspecified atom stereocenters. The van der Waals surface area contributed by atoms with Gasteiger partial charge in [0, 0.05) is 12.6 Å². The first-order valence-corrected chi connectivity index (χ1v) is 6.08. The minimum absolute atomic E-state index is 0.175. The second kappa shape index (κ2) is 5.63. The zero-order valence-electron chi connectivity index (χ0n) is 11.6. The predicted octanol–water partition coefficient (Wildman–Crippen LogP) is 1.24. The van der Waals surface area contributed by atoms with Crippen LogP contribution in [0.15, 0.2) is 34.3 Å². The molecule has 2 rings (SSSR count). The third-order valence-electron chi connectivity index (χ3n) is 2.93. The van der Waals surface area contributed by atoms with Crippen LogP contribution in [0.4, 0.5) is 18.0 Å². The molecule has 1 aliphatic rings. The lowest BCUT2D eigenvalue weighted by Gasteiger charge is -2.18. The van der Waals surface area contributed by atoms with Gasteiger partial charge in [-0.15, -0.1) is 0 Å². The summed E-state index contributed by atoms with van der Waals surface area (Å²) in [6, 6.07) is 2.36. The molecule has 7 nitrogen and oxygen atoms in total. The van der Waals surface area contributed by atoms with E-state index >= 15 is 0 Å². The number of halogens is 3. The molecule has 120 valence electrons. The van der Waals surface area contributed by atoms with E-state index in [1.54, 1.807) is 0 Å². The maximum atomic E-state index is 12.4. The maximum Gasteiger partial charge on any atom is 0.416 e. The van der Waals surface area contributed by atoms with Crippen LogP contribution in [-0.4, -0.2) is 41.3 Å². The quantitative estimate of drug-likeness (QED) is 0.838. The number of imide groups is 1. The standard InChI is InChI=1S/C13H9F3N4O3/c1-20-11(22)8(9(17)19-12(20)23)18-10(21)6-2-4-7(5-3-6)13(14,15)16/h2-5H,1H3,(H2,17,19,23). The average molecular weight is 326 g/mol. The molecule has 10 heteroatoms. The number of amidine groups is 1. The van der Waals surface area contributed by atoms with Crippen molar-refractivity contribution in [1.82, 2.24) is 4.90 Å². The molecule has 4 amide bonds. The van der Waals surface area contributed by atoms with E-state index in [-0.39, 0.29) is 5.56 Å². The van der Waals surface area contributed by atoms with Gasteiger partial charge in [0.25, 0.3) is 11.8 Å². The fourth-order valence-corrected chi connectivity index (χ4v) is 1.66. The lowest BCUT2D eigenvalue weighted by Crippen LogP contribution is -2.48. The average Bonchev–Trinajstić information content (AvgIpc) is 2.48. The van der Waals surface area contributed by atoms with Crippen molar-refractivity contribution in [1.29, 1.82) is 0 Å². The predicted molar refractivity (Wildman–Crippen MR) is 73.0 cm³/mol. The van der Waals surface area contributed by atoms with Crippen LogP contribution in [0.3, 0.4) is 0 Å². The molecule has 1 aromatic rings. The summed E-state index contributed by atoms with van der Waals surface area (Å²) in [5.41, 5.74) is 3.73. The molecular weight excluding hydrogens is 317 g/mol. The van der Waals surface area contributed by atoms with Crippen LogP contribution in [0, 0.1) is 0 Å². The Hall–Kier alpha value is -3.04. The van der Waals surface area contributed by atoms with Crippen LogP contribution >= 0.6 is 0 Å². The number of aliphatic imine (C=N–C) groups is 2. The van der Waals surface area contributed by atoms with E-state index in [0.717, 1.165) is 19.2 Å². The number of alkyl halides is 3. The molecule has 0 saturated heterocycles. The van der Waals surface area contributed by atoms with Crippen molar-refractivity contribution >= 4 is 29.4 Å². The fourth-order valence-electron chi connectivity index (χ4n) is 1.66. The Morgan fingerprint density at radius 2 is 1.78 bits per heavy atom. The number of hydrogen-bond donors (Lipinski definition) is 1. The van der Waals surface area contributed by atoms with Crippen molar-refractivity contribution in [2.75, 3.05) is 7.05 Å². The van der Waals surface area contributed by atoms with Crippen LogP contribution in [0.1, 0.15) is 15.9 Å². The minimum atomic E-state index is -4.53. The number of hydrogen-bond acceptors (Lipinski definition) is 4. The largest absolute Gasteiger partial charge is 0.416 e. The Labute approximate surface area is 127 Å². The molecule has 1 aromatic carbocycles. The Morgan fingerprint density at radius 1 is 1.22 bits per heavy atom. The highest BCUT2D eigenvalue weighted by molar-refractivity contribution is 6.69. The highest BCUT2D eigenvalue weighted by Gasteiger charge is 2.32. The third kappa shape index (κ3) is 3.25. The number of carbonyl (C=O) groups is 3. The van der Waals surface area contributed by atoms with E-state index in [9.17, 15) is 27.6 Å². The number of benzene rings is 1. The summed E-state index contributed by atoms with van der Waals surface area (Å²) in [7, 11) is 1.12. The molecular formula is C13H9F3N4O3. The van der Waals surface area contributed by atoms with Crippen LogP contribution in [0.2, 0.25) is 0 Å². The number of rotatable bonds is 1. The zero-order chi connectivity index (χ0) is 17.4. The SMILES string of the molecule is CN1C(=O)N=C(N)C(=NC(=O)c2ccc(C(F)(F)F)cc2)C1=O. The summed E-state index contributed by atoms with van der Waals surface area (Å²) in [5, 5.41) is 0. The van der Waals surface area contributed by atoms with Gasteiger partial charge in [-0.3, -0.25) is 14.5 Å². The molecule has 0 bridgehead atoms. The Balaban J connectivity index is 2.33. The molecule has 0 spiro atoms. The maximum absolute atomic E-state index is 12.4. The van der Waals surface area contributed by atoms with Gasteiger partial charge >= 0.3 is 12.2 Å². The van der Waals surface area contributed by atoms with Crippen molar-refractivity contribution in [2.24, 2.45) is 15.7 Å². The summed E-state index contributed by atoms with van der Waals surface area (Å²) in [6.07, 6.45) is -4.53. The number of nitrogens with two attached hydrogens (primary N) is 1. The number of amides is 4. The first-order valence-electron chi connectivity index (χ1n) is 6.08. The van der Waals surface area contributed by atoms with E-state index in [4.69, 9.17) is 5.73 Å². The highest BCUT2D eigenvalue weighted by Crippen LogP contribution is 2.29. The molecule has 0 fully saturated rings. The molecule has 0 aliphatic carbocycles. The normalized spacial score (nSPS) is 17.5. The fraction of sp³-hybridized carbons (Fsp3) is 0.154. The van der Waals surface area contributed by atoms with Crippen molar-refractivity contribution in [2.45, 2.75) is 6.18 Å². The van der Waals surface area contributed by atoms with Crippen LogP contribution in [-0.2, 0) is 11.0 Å². The van der Waals surface area contributed by atoms with Gasteiger partial charge in [-0.1, -0.05) is 0 Å². The summed E-state index contributed by atoms with van der Waals surface area (Å²) < 4.78 is 37.3. The lowest BCUT2D eigenvalue weighted by molar-refractivity contribution is -0.137. The molecule has 0 radical (unpaired) electrons. The van der Waals surface area contributed by atoms with Crippen LogP contribution in [0.5, 0.6) is 0 Å². The van der Waals surface area contributed by atoms with E-state index in [0.29, 0.717) is 17.0 Å². The smallest absolute Gasteiger partial charge is 0.382 e. The Kier molecular flexibility index (Phi) is 4.00.